The number of hydrogen-bond acceptors (Lipinski definition) is 2. The Morgan fingerprint density at radius 1 is 1.16 bits per heavy atom. The summed E-state index contributed by atoms with van der Waals surface area (Å²) < 4.78 is 27.8. The number of nitrogens with one attached hydrogen (secondary N) is 1. The van der Waals surface area contributed by atoms with Crippen LogP contribution in [0.15, 0.2) is 36.7 Å². The average molecular weight is 262 g/mol. The molecule has 100 valence electrons. The summed E-state index contributed by atoms with van der Waals surface area (Å²) in [6, 6.07) is 5.92. The molecule has 1 aromatic heterocycles. The zero-order valence-electron chi connectivity index (χ0n) is 11.0. The van der Waals surface area contributed by atoms with E-state index >= 15 is 0 Å². The van der Waals surface area contributed by atoms with Crippen LogP contribution in [0.2, 0.25) is 0 Å². The van der Waals surface area contributed by atoms with Crippen molar-refractivity contribution in [3.63, 3.8) is 0 Å². The number of halogens is 2. The van der Waals surface area contributed by atoms with E-state index in [0.29, 0.717) is 17.7 Å². The standard InChI is InChI=1S/C15H16F2N2/c1-3-19-15(11-6-7-18-9-14(11)17)12-8-10(2)4-5-13(12)16/h4-9,15,19H,3H2,1-2H3. The van der Waals surface area contributed by atoms with Gasteiger partial charge in [0.15, 0.2) is 0 Å². The highest BCUT2D eigenvalue weighted by atomic mass is 19.1. The van der Waals surface area contributed by atoms with E-state index < -0.39 is 11.9 Å². The van der Waals surface area contributed by atoms with Gasteiger partial charge in [0.05, 0.1) is 12.2 Å². The molecule has 0 spiro atoms. The van der Waals surface area contributed by atoms with Gasteiger partial charge in [-0.1, -0.05) is 24.6 Å². The normalized spacial score (nSPS) is 12.4. The Morgan fingerprint density at radius 3 is 2.63 bits per heavy atom. The summed E-state index contributed by atoms with van der Waals surface area (Å²) >= 11 is 0. The topological polar surface area (TPSA) is 24.9 Å². The van der Waals surface area contributed by atoms with Gasteiger partial charge in [0.25, 0.3) is 0 Å². The number of aryl methyl sites for hydroxylation is 1. The summed E-state index contributed by atoms with van der Waals surface area (Å²) in [6.45, 7) is 4.40. The van der Waals surface area contributed by atoms with Gasteiger partial charge in [-0.3, -0.25) is 4.98 Å². The second-order valence-electron chi connectivity index (χ2n) is 4.41. The Morgan fingerprint density at radius 2 is 1.95 bits per heavy atom. The SMILES string of the molecule is CCNC(c1ccncc1F)c1cc(C)ccc1F. The predicted octanol–water partition coefficient (Wildman–Crippen LogP) is 3.37. The average Bonchev–Trinajstić information content (AvgIpc) is 2.40. The molecule has 2 nitrogen and oxygen atoms in total. The number of benzene rings is 1. The molecule has 1 heterocycles. The lowest BCUT2D eigenvalue weighted by Gasteiger charge is -2.20. The number of rotatable bonds is 4. The Kier molecular flexibility index (Phi) is 4.22. The highest BCUT2D eigenvalue weighted by Gasteiger charge is 2.20. The quantitative estimate of drug-likeness (QED) is 0.913. The first-order chi connectivity index (χ1) is 9.13. The molecule has 1 unspecified atom stereocenters. The summed E-state index contributed by atoms with van der Waals surface area (Å²) in [6.07, 6.45) is 2.66. The maximum Gasteiger partial charge on any atom is 0.146 e. The third-order valence-electron chi connectivity index (χ3n) is 2.99. The second kappa shape index (κ2) is 5.89. The van der Waals surface area contributed by atoms with E-state index in [1.165, 1.54) is 12.3 Å². The first kappa shape index (κ1) is 13.6. The molecule has 0 amide bonds. The smallest absolute Gasteiger partial charge is 0.146 e. The maximum absolute atomic E-state index is 14.0. The van der Waals surface area contributed by atoms with Crippen LogP contribution in [0.25, 0.3) is 0 Å². The van der Waals surface area contributed by atoms with Crippen molar-refractivity contribution in [2.24, 2.45) is 0 Å². The van der Waals surface area contributed by atoms with Crippen LogP contribution < -0.4 is 5.32 Å². The minimum Gasteiger partial charge on any atom is -0.306 e. The summed E-state index contributed by atoms with van der Waals surface area (Å²) in [5, 5.41) is 3.12. The van der Waals surface area contributed by atoms with Crippen molar-refractivity contribution in [2.45, 2.75) is 19.9 Å². The molecule has 1 aromatic carbocycles. The van der Waals surface area contributed by atoms with Crippen LogP contribution in [-0.4, -0.2) is 11.5 Å². The van der Waals surface area contributed by atoms with E-state index in [-0.39, 0.29) is 5.82 Å². The fourth-order valence-electron chi connectivity index (χ4n) is 2.10. The Labute approximate surface area is 111 Å². The molecule has 0 fully saturated rings. The van der Waals surface area contributed by atoms with Crippen molar-refractivity contribution in [1.29, 1.82) is 0 Å². The fraction of sp³-hybridized carbons (Fsp3) is 0.267. The van der Waals surface area contributed by atoms with Crippen molar-refractivity contribution in [3.05, 3.63) is 65.0 Å². The van der Waals surface area contributed by atoms with E-state index in [4.69, 9.17) is 0 Å². The molecule has 0 bridgehead atoms. The first-order valence-electron chi connectivity index (χ1n) is 6.22. The van der Waals surface area contributed by atoms with Gasteiger partial charge < -0.3 is 5.32 Å². The molecule has 1 N–H and O–H groups in total. The fourth-order valence-corrected chi connectivity index (χ4v) is 2.10. The highest BCUT2D eigenvalue weighted by molar-refractivity contribution is 5.34. The van der Waals surface area contributed by atoms with Gasteiger partial charge in [-0.15, -0.1) is 0 Å². The molecule has 0 aliphatic heterocycles. The van der Waals surface area contributed by atoms with E-state index in [0.717, 1.165) is 11.8 Å². The molecule has 0 radical (unpaired) electrons. The van der Waals surface area contributed by atoms with Gasteiger partial charge in [0.1, 0.15) is 11.6 Å². The highest BCUT2D eigenvalue weighted by Crippen LogP contribution is 2.26. The maximum atomic E-state index is 14.0. The molecule has 0 saturated heterocycles. The van der Waals surface area contributed by atoms with Crippen molar-refractivity contribution in [1.82, 2.24) is 10.3 Å². The van der Waals surface area contributed by atoms with Gasteiger partial charge in [0, 0.05) is 17.3 Å². The lowest BCUT2D eigenvalue weighted by molar-refractivity contribution is 0.528. The van der Waals surface area contributed by atoms with Crippen LogP contribution in [0.3, 0.4) is 0 Å². The number of aromatic nitrogens is 1. The monoisotopic (exact) mass is 262 g/mol. The van der Waals surface area contributed by atoms with Crippen molar-refractivity contribution < 1.29 is 8.78 Å². The van der Waals surface area contributed by atoms with Gasteiger partial charge in [0.2, 0.25) is 0 Å². The Bertz CT molecular complexity index is 570. The molecule has 19 heavy (non-hydrogen) atoms. The molecule has 2 aromatic rings. The molecule has 1 atom stereocenters. The summed E-state index contributed by atoms with van der Waals surface area (Å²) in [7, 11) is 0. The number of nitrogens with zero attached hydrogens (tertiary/aromatic N) is 1. The Hall–Kier alpha value is -1.81. The lowest BCUT2D eigenvalue weighted by Crippen LogP contribution is -2.24. The summed E-state index contributed by atoms with van der Waals surface area (Å²) in [5.74, 6) is -0.776. The third kappa shape index (κ3) is 2.96. The van der Waals surface area contributed by atoms with E-state index in [1.54, 1.807) is 18.2 Å². The predicted molar refractivity (Wildman–Crippen MR) is 70.9 cm³/mol. The van der Waals surface area contributed by atoms with Crippen LogP contribution in [0.4, 0.5) is 8.78 Å². The zero-order valence-corrected chi connectivity index (χ0v) is 11.0. The van der Waals surface area contributed by atoms with Crippen molar-refractivity contribution >= 4 is 0 Å². The van der Waals surface area contributed by atoms with Gasteiger partial charge >= 0.3 is 0 Å². The zero-order chi connectivity index (χ0) is 13.8. The van der Waals surface area contributed by atoms with Crippen LogP contribution in [0.1, 0.15) is 29.7 Å². The van der Waals surface area contributed by atoms with Crippen LogP contribution in [0, 0.1) is 18.6 Å². The van der Waals surface area contributed by atoms with Gasteiger partial charge in [-0.25, -0.2) is 8.78 Å². The lowest BCUT2D eigenvalue weighted by atomic mass is 9.97. The van der Waals surface area contributed by atoms with Crippen molar-refractivity contribution in [2.75, 3.05) is 6.54 Å². The number of pyridine rings is 1. The van der Waals surface area contributed by atoms with Crippen LogP contribution in [-0.2, 0) is 0 Å². The molecular formula is C15H16F2N2. The second-order valence-corrected chi connectivity index (χ2v) is 4.41. The van der Waals surface area contributed by atoms with Crippen LogP contribution >= 0.6 is 0 Å². The molecule has 2 rings (SSSR count). The summed E-state index contributed by atoms with van der Waals surface area (Å²) in [5.41, 5.74) is 1.79. The molecule has 0 aliphatic carbocycles. The van der Waals surface area contributed by atoms with Crippen molar-refractivity contribution in [3.8, 4) is 0 Å². The van der Waals surface area contributed by atoms with Gasteiger partial charge in [-0.05, 0) is 25.6 Å². The minimum atomic E-state index is -0.507. The van der Waals surface area contributed by atoms with E-state index in [9.17, 15) is 8.78 Å². The van der Waals surface area contributed by atoms with Crippen LogP contribution in [0.5, 0.6) is 0 Å². The Balaban J connectivity index is 2.51. The minimum absolute atomic E-state index is 0.340. The largest absolute Gasteiger partial charge is 0.306 e. The van der Waals surface area contributed by atoms with E-state index in [2.05, 4.69) is 10.3 Å². The first-order valence-corrected chi connectivity index (χ1v) is 6.22. The molecule has 4 heteroatoms. The summed E-state index contributed by atoms with van der Waals surface area (Å²) in [4.78, 5) is 3.72. The number of hydrogen-bond donors (Lipinski definition) is 1. The molecular weight excluding hydrogens is 246 g/mol. The third-order valence-corrected chi connectivity index (χ3v) is 2.99. The molecule has 0 saturated carbocycles. The van der Waals surface area contributed by atoms with Gasteiger partial charge in [-0.2, -0.15) is 0 Å². The molecule has 0 aliphatic rings. The van der Waals surface area contributed by atoms with E-state index in [1.807, 2.05) is 13.8 Å².